The number of ether oxygens (including phenoxy) is 2. The lowest BCUT2D eigenvalue weighted by molar-refractivity contribution is -0.152. The van der Waals surface area contributed by atoms with Crippen molar-refractivity contribution in [2.24, 2.45) is 0 Å². The second kappa shape index (κ2) is 11.6. The highest BCUT2D eigenvalue weighted by atomic mass is 32.1. The summed E-state index contributed by atoms with van der Waals surface area (Å²) in [5, 5.41) is 9.50. The maximum absolute atomic E-state index is 14.0. The SMILES string of the molecule is CCOC(=O)C1=C(C)NC(C)C(C(=O)OCC)(c2ccccc2)C1Nc1nc(-c2c(C)cc(C)cc2C)cs1. The van der Waals surface area contributed by atoms with Gasteiger partial charge in [-0.1, -0.05) is 48.0 Å². The van der Waals surface area contributed by atoms with Gasteiger partial charge in [0.05, 0.1) is 30.5 Å². The quantitative estimate of drug-likeness (QED) is 0.342. The van der Waals surface area contributed by atoms with Crippen LogP contribution in [0.25, 0.3) is 11.3 Å². The number of allylic oxidation sites excluding steroid dienone is 1. The molecule has 3 atom stereocenters. The molecule has 1 aliphatic heterocycles. The molecule has 8 heteroatoms. The third kappa shape index (κ3) is 5.17. The number of nitrogens with zero attached hydrogens (tertiary/aromatic N) is 1. The molecule has 0 fully saturated rings. The van der Waals surface area contributed by atoms with Crippen molar-refractivity contribution in [1.29, 1.82) is 0 Å². The smallest absolute Gasteiger partial charge is 0.337 e. The van der Waals surface area contributed by atoms with Crippen molar-refractivity contribution in [3.8, 4) is 11.3 Å². The summed E-state index contributed by atoms with van der Waals surface area (Å²) < 4.78 is 11.2. The first-order chi connectivity index (χ1) is 18.6. The predicted octanol–water partition coefficient (Wildman–Crippen LogP) is 5.85. The molecule has 3 aromatic rings. The number of benzene rings is 2. The molecule has 0 radical (unpaired) electrons. The van der Waals surface area contributed by atoms with Crippen LogP contribution in [0.15, 0.2) is 59.1 Å². The number of nitrogens with one attached hydrogen (secondary N) is 2. The summed E-state index contributed by atoms with van der Waals surface area (Å²) >= 11 is 1.44. The lowest BCUT2D eigenvalue weighted by Crippen LogP contribution is -2.66. The van der Waals surface area contributed by atoms with E-state index in [2.05, 4.69) is 43.5 Å². The van der Waals surface area contributed by atoms with Crippen LogP contribution >= 0.6 is 11.3 Å². The number of carbonyl (C=O) groups is 2. The molecular weight excluding hydrogens is 510 g/mol. The fourth-order valence-electron chi connectivity index (χ4n) is 5.83. The van der Waals surface area contributed by atoms with E-state index in [4.69, 9.17) is 14.5 Å². The number of rotatable bonds is 8. The first kappa shape index (κ1) is 28.4. The van der Waals surface area contributed by atoms with Crippen LogP contribution in [-0.4, -0.2) is 42.2 Å². The third-order valence-corrected chi connectivity index (χ3v) is 8.10. The summed E-state index contributed by atoms with van der Waals surface area (Å²) in [6.45, 7) is 14.0. The lowest BCUT2D eigenvalue weighted by Gasteiger charge is -2.48. The van der Waals surface area contributed by atoms with Gasteiger partial charge in [-0.05, 0) is 65.2 Å². The van der Waals surface area contributed by atoms with E-state index in [9.17, 15) is 9.59 Å². The topological polar surface area (TPSA) is 89.5 Å². The Morgan fingerprint density at radius 1 is 1.03 bits per heavy atom. The fraction of sp³-hybridized carbons (Fsp3) is 0.387. The molecule has 206 valence electrons. The van der Waals surface area contributed by atoms with Gasteiger partial charge in [0.25, 0.3) is 0 Å². The largest absolute Gasteiger partial charge is 0.465 e. The first-order valence-corrected chi connectivity index (χ1v) is 14.2. The van der Waals surface area contributed by atoms with E-state index in [0.29, 0.717) is 16.4 Å². The van der Waals surface area contributed by atoms with Crippen molar-refractivity contribution in [3.05, 3.63) is 81.4 Å². The Hall–Kier alpha value is -3.65. The number of hydrogen-bond acceptors (Lipinski definition) is 8. The zero-order valence-electron chi connectivity index (χ0n) is 23.7. The summed E-state index contributed by atoms with van der Waals surface area (Å²) in [5.41, 5.74) is 5.88. The van der Waals surface area contributed by atoms with E-state index in [1.165, 1.54) is 16.9 Å². The summed E-state index contributed by atoms with van der Waals surface area (Å²) in [5.74, 6) is -0.913. The molecule has 0 saturated carbocycles. The number of esters is 2. The van der Waals surface area contributed by atoms with E-state index in [1.807, 2.05) is 49.6 Å². The molecule has 4 rings (SSSR count). The Kier molecular flexibility index (Phi) is 8.45. The maximum Gasteiger partial charge on any atom is 0.337 e. The van der Waals surface area contributed by atoms with Gasteiger partial charge in [-0.25, -0.2) is 9.78 Å². The molecule has 0 bridgehead atoms. The molecule has 7 nitrogen and oxygen atoms in total. The van der Waals surface area contributed by atoms with Crippen LogP contribution in [0.3, 0.4) is 0 Å². The molecule has 3 unspecified atom stereocenters. The Morgan fingerprint density at radius 2 is 1.67 bits per heavy atom. The van der Waals surface area contributed by atoms with Crippen molar-refractivity contribution in [2.75, 3.05) is 18.5 Å². The zero-order valence-corrected chi connectivity index (χ0v) is 24.5. The summed E-state index contributed by atoms with van der Waals surface area (Å²) in [4.78, 5) is 32.4. The van der Waals surface area contributed by atoms with Crippen LogP contribution < -0.4 is 10.6 Å². The number of carbonyl (C=O) groups excluding carboxylic acids is 2. The zero-order chi connectivity index (χ0) is 28.3. The highest BCUT2D eigenvalue weighted by Crippen LogP contribution is 2.43. The number of aromatic nitrogens is 1. The van der Waals surface area contributed by atoms with E-state index in [1.54, 1.807) is 13.8 Å². The Labute approximate surface area is 234 Å². The molecule has 2 aromatic carbocycles. The molecule has 0 saturated heterocycles. The second-order valence-electron chi connectivity index (χ2n) is 9.97. The van der Waals surface area contributed by atoms with Crippen LogP contribution in [0.2, 0.25) is 0 Å². The van der Waals surface area contributed by atoms with Gasteiger partial charge in [-0.3, -0.25) is 4.79 Å². The maximum atomic E-state index is 14.0. The minimum absolute atomic E-state index is 0.206. The van der Waals surface area contributed by atoms with Crippen molar-refractivity contribution in [3.63, 3.8) is 0 Å². The first-order valence-electron chi connectivity index (χ1n) is 13.3. The van der Waals surface area contributed by atoms with Crippen molar-refractivity contribution in [2.45, 2.75) is 66.0 Å². The van der Waals surface area contributed by atoms with E-state index >= 15 is 0 Å². The van der Waals surface area contributed by atoms with Crippen molar-refractivity contribution in [1.82, 2.24) is 10.3 Å². The van der Waals surface area contributed by atoms with Gasteiger partial charge in [0.15, 0.2) is 5.13 Å². The van der Waals surface area contributed by atoms with Gasteiger partial charge in [0, 0.05) is 22.7 Å². The Morgan fingerprint density at radius 3 is 2.28 bits per heavy atom. The molecule has 2 N–H and O–H groups in total. The van der Waals surface area contributed by atoms with Gasteiger partial charge < -0.3 is 20.1 Å². The molecule has 0 amide bonds. The van der Waals surface area contributed by atoms with Crippen molar-refractivity contribution >= 4 is 28.4 Å². The van der Waals surface area contributed by atoms with Crippen LogP contribution in [-0.2, 0) is 24.5 Å². The predicted molar refractivity (Wildman–Crippen MR) is 156 cm³/mol. The highest BCUT2D eigenvalue weighted by Gasteiger charge is 2.58. The Bertz CT molecular complexity index is 1370. The Balaban J connectivity index is 1.90. The molecule has 0 aliphatic carbocycles. The third-order valence-electron chi connectivity index (χ3n) is 7.33. The number of aryl methyl sites for hydroxylation is 3. The van der Waals surface area contributed by atoms with Crippen molar-refractivity contribution < 1.29 is 19.1 Å². The second-order valence-corrected chi connectivity index (χ2v) is 10.8. The highest BCUT2D eigenvalue weighted by molar-refractivity contribution is 7.14. The minimum Gasteiger partial charge on any atom is -0.465 e. The number of thiazole rings is 1. The van der Waals surface area contributed by atoms with Crippen LogP contribution in [0.5, 0.6) is 0 Å². The van der Waals surface area contributed by atoms with Crippen LogP contribution in [0.1, 0.15) is 49.9 Å². The molecular formula is C31H37N3O4S. The van der Waals surface area contributed by atoms with E-state index < -0.39 is 29.4 Å². The van der Waals surface area contributed by atoms with E-state index in [0.717, 1.165) is 27.9 Å². The molecule has 1 aromatic heterocycles. The van der Waals surface area contributed by atoms with Crippen LogP contribution in [0, 0.1) is 20.8 Å². The summed E-state index contributed by atoms with van der Waals surface area (Å²) in [6.07, 6.45) is 0. The van der Waals surface area contributed by atoms with E-state index in [-0.39, 0.29) is 13.2 Å². The average molecular weight is 548 g/mol. The molecule has 0 spiro atoms. The van der Waals surface area contributed by atoms with Gasteiger partial charge in [-0.2, -0.15) is 0 Å². The monoisotopic (exact) mass is 547 g/mol. The van der Waals surface area contributed by atoms with Gasteiger partial charge >= 0.3 is 11.9 Å². The van der Waals surface area contributed by atoms with Gasteiger partial charge in [0.1, 0.15) is 5.41 Å². The molecule has 39 heavy (non-hydrogen) atoms. The van der Waals surface area contributed by atoms with Crippen LogP contribution in [0.4, 0.5) is 5.13 Å². The van der Waals surface area contributed by atoms with Gasteiger partial charge in [0.2, 0.25) is 0 Å². The number of hydrogen-bond donors (Lipinski definition) is 2. The standard InChI is InChI=1S/C31H37N3O4S/c1-8-37-28(35)26-21(6)32-22(7)31(29(36)38-9-2,23-13-11-10-12-14-23)27(26)34-30-33-24(17-39-30)25-19(4)15-18(3)16-20(25)5/h10-17,22,27,32H,8-9H2,1-7H3,(H,33,34). The summed E-state index contributed by atoms with van der Waals surface area (Å²) in [7, 11) is 0. The normalized spacial score (nSPS) is 20.8. The minimum atomic E-state index is -1.28. The molecule has 2 heterocycles. The summed E-state index contributed by atoms with van der Waals surface area (Å²) in [6, 6.07) is 12.6. The molecule has 1 aliphatic rings. The fourth-order valence-corrected chi connectivity index (χ4v) is 6.56. The number of anilines is 1. The van der Waals surface area contributed by atoms with Gasteiger partial charge in [-0.15, -0.1) is 11.3 Å². The average Bonchev–Trinajstić information content (AvgIpc) is 3.32. The lowest BCUT2D eigenvalue weighted by atomic mass is 9.64.